The fraction of sp³-hybridized carbons (Fsp3) is 0. The van der Waals surface area contributed by atoms with Gasteiger partial charge in [-0.3, -0.25) is 8.80 Å². The van der Waals surface area contributed by atoms with Gasteiger partial charge in [0.05, 0.1) is 33.4 Å². The van der Waals surface area contributed by atoms with E-state index in [4.69, 9.17) is 9.97 Å². The average molecular weight is 841 g/mol. The Morgan fingerprint density at radius 2 is 0.682 bits per heavy atom. The first-order chi connectivity index (χ1) is 32.8. The minimum atomic E-state index is 0.846. The van der Waals surface area contributed by atoms with Crippen LogP contribution in [0.4, 0.5) is 34.1 Å². The van der Waals surface area contributed by atoms with Gasteiger partial charge < -0.3 is 9.80 Å². The minimum absolute atomic E-state index is 0.846. The summed E-state index contributed by atoms with van der Waals surface area (Å²) in [5.41, 5.74) is 14.4. The van der Waals surface area contributed by atoms with Gasteiger partial charge in [0, 0.05) is 55.1 Å². The van der Waals surface area contributed by atoms with Gasteiger partial charge in [0.1, 0.15) is 11.0 Å². The molecule has 0 radical (unpaired) electrons. The maximum Gasteiger partial charge on any atom is 0.165 e. The molecular weight excluding hydrogens is 805 g/mol. The average Bonchev–Trinajstić information content (AvgIpc) is 4.10. The van der Waals surface area contributed by atoms with Crippen molar-refractivity contribution in [3.63, 3.8) is 0 Å². The molecule has 0 saturated heterocycles. The largest absolute Gasteiger partial charge is 0.308 e. The molecule has 66 heavy (non-hydrogen) atoms. The third-order valence-electron chi connectivity index (χ3n) is 13.8. The Balaban J connectivity index is 1.15. The van der Waals surface area contributed by atoms with Gasteiger partial charge >= 0.3 is 0 Å². The van der Waals surface area contributed by atoms with E-state index in [0.717, 1.165) is 94.7 Å². The van der Waals surface area contributed by atoms with Gasteiger partial charge in [-0.05, 0) is 94.3 Å². The van der Waals surface area contributed by atoms with Crippen molar-refractivity contribution in [2.24, 2.45) is 0 Å². The second kappa shape index (κ2) is 13.3. The van der Waals surface area contributed by atoms with Gasteiger partial charge in [-0.25, -0.2) is 9.97 Å². The van der Waals surface area contributed by atoms with Crippen molar-refractivity contribution >= 4 is 132 Å². The van der Waals surface area contributed by atoms with Crippen LogP contribution in [-0.2, 0) is 0 Å². The van der Waals surface area contributed by atoms with Gasteiger partial charge in [-0.2, -0.15) is 0 Å². The molecule has 0 atom stereocenters. The first-order valence-electron chi connectivity index (χ1n) is 22.5. The maximum atomic E-state index is 5.94. The molecule has 6 nitrogen and oxygen atoms in total. The monoisotopic (exact) mass is 840 g/mol. The molecule has 6 heteroatoms. The highest BCUT2D eigenvalue weighted by atomic mass is 15.2. The summed E-state index contributed by atoms with van der Waals surface area (Å²) in [6, 6.07) is 78.5. The van der Waals surface area contributed by atoms with Gasteiger partial charge in [-0.15, -0.1) is 0 Å². The molecule has 0 fully saturated rings. The zero-order valence-corrected chi connectivity index (χ0v) is 35.5. The van der Waals surface area contributed by atoms with Crippen LogP contribution in [-0.4, -0.2) is 18.8 Å². The number of hydrogen-bond donors (Lipinski definition) is 0. The van der Waals surface area contributed by atoms with Gasteiger partial charge in [0.2, 0.25) is 0 Å². The highest BCUT2D eigenvalue weighted by Gasteiger charge is 2.30. The highest BCUT2D eigenvalue weighted by Crippen LogP contribution is 2.50. The predicted molar refractivity (Wildman–Crippen MR) is 276 cm³/mol. The van der Waals surface area contributed by atoms with Crippen LogP contribution in [0.3, 0.4) is 0 Å². The lowest BCUT2D eigenvalue weighted by Crippen LogP contribution is -2.10. The number of fused-ring (bicyclic) bond motifs is 16. The molecule has 0 bridgehead atoms. The summed E-state index contributed by atoms with van der Waals surface area (Å²) >= 11 is 0. The van der Waals surface area contributed by atoms with Crippen molar-refractivity contribution in [1.82, 2.24) is 18.8 Å². The molecule has 0 aliphatic carbocycles. The quantitative estimate of drug-likeness (QED) is 0.167. The third-order valence-corrected chi connectivity index (χ3v) is 13.8. The summed E-state index contributed by atoms with van der Waals surface area (Å²) < 4.78 is 4.85. The van der Waals surface area contributed by atoms with E-state index in [0.29, 0.717) is 0 Å². The zero-order valence-electron chi connectivity index (χ0n) is 35.5. The van der Waals surface area contributed by atoms with Crippen molar-refractivity contribution in [2.75, 3.05) is 9.80 Å². The molecule has 0 amide bonds. The predicted octanol–water partition coefficient (Wildman–Crippen LogP) is 16.0. The summed E-state index contributed by atoms with van der Waals surface area (Å²) in [7, 11) is 0. The number of hydrogen-bond acceptors (Lipinski definition) is 4. The van der Waals surface area contributed by atoms with Crippen molar-refractivity contribution in [3.05, 3.63) is 218 Å². The van der Waals surface area contributed by atoms with Crippen LogP contribution in [0, 0.1) is 0 Å². The Morgan fingerprint density at radius 3 is 1.23 bits per heavy atom. The first-order valence-corrected chi connectivity index (χ1v) is 22.5. The van der Waals surface area contributed by atoms with Gasteiger partial charge in [-0.1, -0.05) is 146 Å². The molecular formula is C60H36N6. The smallest absolute Gasteiger partial charge is 0.165 e. The Morgan fingerprint density at radius 1 is 0.288 bits per heavy atom. The molecule has 15 aromatic rings. The van der Waals surface area contributed by atoms with Crippen LogP contribution in [0.5, 0.6) is 0 Å². The maximum absolute atomic E-state index is 5.94. The van der Waals surface area contributed by atoms with E-state index in [2.05, 4.69) is 237 Å². The van der Waals surface area contributed by atoms with E-state index in [1.165, 1.54) is 37.7 Å². The van der Waals surface area contributed by atoms with Crippen LogP contribution < -0.4 is 9.80 Å². The fourth-order valence-electron chi connectivity index (χ4n) is 11.2. The number of anilines is 6. The van der Waals surface area contributed by atoms with Crippen LogP contribution in [0.25, 0.3) is 98.3 Å². The Bertz CT molecular complexity index is 4310. The van der Waals surface area contributed by atoms with Crippen molar-refractivity contribution in [3.8, 4) is 0 Å². The fourth-order valence-corrected chi connectivity index (χ4v) is 11.2. The molecule has 15 rings (SSSR count). The molecule has 0 aliphatic rings. The summed E-state index contributed by atoms with van der Waals surface area (Å²) in [6.07, 6.45) is 0. The minimum Gasteiger partial charge on any atom is -0.308 e. The SMILES string of the molecule is c1ccc(N(c2ccccc2)c2cccc3c4c5ccccc5cc5c6nc7c(nc6n(c23)c54)c2c3ccccc3cc3c4cccc(N(c5ccccc5)c5ccccc5)c4n7c32)cc1. The van der Waals surface area contributed by atoms with Crippen LogP contribution in [0.2, 0.25) is 0 Å². The molecule has 0 N–H and O–H groups in total. The highest BCUT2D eigenvalue weighted by molar-refractivity contribution is 6.34. The number of rotatable bonds is 6. The van der Waals surface area contributed by atoms with E-state index in [1.807, 2.05) is 0 Å². The van der Waals surface area contributed by atoms with E-state index >= 15 is 0 Å². The molecule has 0 unspecified atom stereocenters. The lowest BCUT2D eigenvalue weighted by Gasteiger charge is -2.26. The third kappa shape index (κ3) is 4.69. The second-order valence-electron chi connectivity index (χ2n) is 17.3. The molecule has 5 aromatic heterocycles. The van der Waals surface area contributed by atoms with Crippen molar-refractivity contribution < 1.29 is 0 Å². The first kappa shape index (κ1) is 35.5. The zero-order chi connectivity index (χ0) is 43.0. The van der Waals surface area contributed by atoms with E-state index in [9.17, 15) is 0 Å². The molecule has 5 heterocycles. The van der Waals surface area contributed by atoms with E-state index in [1.54, 1.807) is 0 Å². The molecule has 0 saturated carbocycles. The van der Waals surface area contributed by atoms with Gasteiger partial charge in [0.15, 0.2) is 11.3 Å². The number of benzene rings is 10. The normalized spacial score (nSPS) is 12.2. The van der Waals surface area contributed by atoms with Crippen LogP contribution in [0.1, 0.15) is 0 Å². The summed E-state index contributed by atoms with van der Waals surface area (Å²) in [6.45, 7) is 0. The molecule has 306 valence electrons. The summed E-state index contributed by atoms with van der Waals surface area (Å²) in [5, 5.41) is 11.7. The van der Waals surface area contributed by atoms with Crippen LogP contribution in [0.15, 0.2) is 218 Å². The van der Waals surface area contributed by atoms with Gasteiger partial charge in [0.25, 0.3) is 0 Å². The lowest BCUT2D eigenvalue weighted by atomic mass is 10.0. The summed E-state index contributed by atoms with van der Waals surface area (Å²) in [5.74, 6) is 0. The standard InChI is InChI=1S/C60H36N6/c1-5-21-39(22-6-1)63(40-23-7-2-8-24-40)49-33-17-31-45-47-35-37-19-14-16-30-44(37)52-54-60(65(55(45)49)57(47)52)61-53-48-36-38-20-13-15-29-43(38)51-46-32-18-34-50(56(46)66(58(48)51)59(53)62-54)64(41-25-9-3-10-26-41)42-27-11-4-12-28-42/h1-36H. The Kier molecular flexibility index (Phi) is 7.13. The molecule has 0 aliphatic heterocycles. The topological polar surface area (TPSA) is 41.1 Å². The van der Waals surface area contributed by atoms with Crippen molar-refractivity contribution in [1.29, 1.82) is 0 Å². The van der Waals surface area contributed by atoms with E-state index in [-0.39, 0.29) is 0 Å². The second-order valence-corrected chi connectivity index (χ2v) is 17.3. The summed E-state index contributed by atoms with van der Waals surface area (Å²) in [4.78, 5) is 16.6. The van der Waals surface area contributed by atoms with E-state index < -0.39 is 0 Å². The van der Waals surface area contributed by atoms with Crippen LogP contribution >= 0.6 is 0 Å². The molecule has 10 aromatic carbocycles. The van der Waals surface area contributed by atoms with Crippen molar-refractivity contribution in [2.45, 2.75) is 0 Å². The number of para-hydroxylation sites is 6. The number of nitrogens with zero attached hydrogens (tertiary/aromatic N) is 6. The molecule has 0 spiro atoms. The number of aromatic nitrogens is 4. The Labute approximate surface area is 377 Å². The Hall–Kier alpha value is -9.00. The lowest BCUT2D eigenvalue weighted by molar-refractivity contribution is 1.22.